The summed E-state index contributed by atoms with van der Waals surface area (Å²) in [6.07, 6.45) is 3.10. The highest BCUT2D eigenvalue weighted by molar-refractivity contribution is 5.91. The number of esters is 1. The first-order valence-corrected chi connectivity index (χ1v) is 5.85. The minimum absolute atomic E-state index is 0.278. The second-order valence-corrected chi connectivity index (χ2v) is 4.14. The van der Waals surface area contributed by atoms with E-state index in [-0.39, 0.29) is 12.1 Å². The number of benzene rings is 1. The van der Waals surface area contributed by atoms with E-state index in [1.165, 1.54) is 0 Å². The van der Waals surface area contributed by atoms with Gasteiger partial charge in [-0.25, -0.2) is 4.79 Å². The van der Waals surface area contributed by atoms with E-state index in [9.17, 15) is 4.79 Å². The molecule has 0 saturated carbocycles. The third kappa shape index (κ3) is 2.74. The lowest BCUT2D eigenvalue weighted by atomic mass is 10.1. The minimum atomic E-state index is -0.294. The van der Waals surface area contributed by atoms with Gasteiger partial charge in [0.1, 0.15) is 6.10 Å². The second-order valence-electron chi connectivity index (χ2n) is 4.14. The average Bonchev–Trinajstić information content (AvgIpc) is 2.40. The van der Waals surface area contributed by atoms with Gasteiger partial charge in [0, 0.05) is 12.4 Å². The standard InChI is InChI=1S/C15H15NO2/c1-11-5-3-4-6-14(11)15(17)18-12(2)13-7-9-16-10-8-13/h3-10,12H,1-2H3. The molecular weight excluding hydrogens is 226 g/mol. The fraction of sp³-hybridized carbons (Fsp3) is 0.200. The Hall–Kier alpha value is -2.16. The Morgan fingerprint density at radius 3 is 2.50 bits per heavy atom. The zero-order valence-electron chi connectivity index (χ0n) is 10.5. The van der Waals surface area contributed by atoms with E-state index in [0.717, 1.165) is 11.1 Å². The van der Waals surface area contributed by atoms with Gasteiger partial charge in [0.25, 0.3) is 0 Å². The molecule has 2 aromatic rings. The van der Waals surface area contributed by atoms with E-state index < -0.39 is 0 Å². The molecule has 0 bridgehead atoms. The van der Waals surface area contributed by atoms with Gasteiger partial charge in [-0.1, -0.05) is 18.2 Å². The molecule has 2 rings (SSSR count). The van der Waals surface area contributed by atoms with Crippen molar-refractivity contribution in [2.75, 3.05) is 0 Å². The summed E-state index contributed by atoms with van der Waals surface area (Å²) in [4.78, 5) is 16.0. The molecular formula is C15H15NO2. The van der Waals surface area contributed by atoms with Crippen LogP contribution in [0.3, 0.4) is 0 Å². The van der Waals surface area contributed by atoms with Crippen molar-refractivity contribution in [3.05, 3.63) is 65.5 Å². The van der Waals surface area contributed by atoms with E-state index in [1.807, 2.05) is 44.2 Å². The zero-order valence-corrected chi connectivity index (χ0v) is 10.5. The average molecular weight is 241 g/mol. The lowest BCUT2D eigenvalue weighted by molar-refractivity contribution is 0.0337. The molecule has 1 heterocycles. The maximum Gasteiger partial charge on any atom is 0.338 e. The highest BCUT2D eigenvalue weighted by Gasteiger charge is 2.14. The molecule has 0 spiro atoms. The maximum absolute atomic E-state index is 12.0. The third-order valence-electron chi connectivity index (χ3n) is 2.82. The number of ether oxygens (including phenoxy) is 1. The smallest absolute Gasteiger partial charge is 0.338 e. The number of hydrogen-bond acceptors (Lipinski definition) is 3. The molecule has 1 aromatic heterocycles. The third-order valence-corrected chi connectivity index (χ3v) is 2.82. The van der Waals surface area contributed by atoms with Crippen LogP contribution in [-0.4, -0.2) is 11.0 Å². The molecule has 0 N–H and O–H groups in total. The van der Waals surface area contributed by atoms with E-state index in [2.05, 4.69) is 4.98 Å². The van der Waals surface area contributed by atoms with Crippen LogP contribution in [0.2, 0.25) is 0 Å². The number of pyridine rings is 1. The molecule has 0 aliphatic carbocycles. The lowest BCUT2D eigenvalue weighted by Crippen LogP contribution is -2.10. The van der Waals surface area contributed by atoms with Gasteiger partial charge in [0.05, 0.1) is 5.56 Å². The normalized spacial score (nSPS) is 11.9. The van der Waals surface area contributed by atoms with Crippen molar-refractivity contribution in [2.24, 2.45) is 0 Å². The number of hydrogen-bond donors (Lipinski definition) is 0. The van der Waals surface area contributed by atoms with Crippen molar-refractivity contribution in [2.45, 2.75) is 20.0 Å². The van der Waals surface area contributed by atoms with Crippen molar-refractivity contribution >= 4 is 5.97 Å². The zero-order chi connectivity index (χ0) is 13.0. The van der Waals surface area contributed by atoms with Crippen LogP contribution in [0.4, 0.5) is 0 Å². The van der Waals surface area contributed by atoms with E-state index >= 15 is 0 Å². The molecule has 0 radical (unpaired) electrons. The first kappa shape index (κ1) is 12.3. The summed E-state index contributed by atoms with van der Waals surface area (Å²) in [5, 5.41) is 0. The Bertz CT molecular complexity index is 537. The van der Waals surface area contributed by atoms with Gasteiger partial charge in [-0.2, -0.15) is 0 Å². The number of nitrogens with zero attached hydrogens (tertiary/aromatic N) is 1. The van der Waals surface area contributed by atoms with E-state index in [1.54, 1.807) is 18.5 Å². The molecule has 0 amide bonds. The van der Waals surface area contributed by atoms with Gasteiger partial charge < -0.3 is 4.74 Å². The summed E-state index contributed by atoms with van der Waals surface area (Å²) in [5.74, 6) is -0.294. The Balaban J connectivity index is 2.11. The van der Waals surface area contributed by atoms with Gasteiger partial charge in [0.2, 0.25) is 0 Å². The largest absolute Gasteiger partial charge is 0.454 e. The summed E-state index contributed by atoms with van der Waals surface area (Å²) in [6.45, 7) is 3.75. The number of rotatable bonds is 3. The van der Waals surface area contributed by atoms with E-state index in [4.69, 9.17) is 4.74 Å². The number of carbonyl (C=O) groups is 1. The molecule has 3 heteroatoms. The summed E-state index contributed by atoms with van der Waals surface area (Å²) < 4.78 is 5.44. The SMILES string of the molecule is Cc1ccccc1C(=O)OC(C)c1ccncc1. The highest BCUT2D eigenvalue weighted by Crippen LogP contribution is 2.18. The number of aromatic nitrogens is 1. The van der Waals surface area contributed by atoms with Crippen molar-refractivity contribution in [3.63, 3.8) is 0 Å². The van der Waals surface area contributed by atoms with Crippen molar-refractivity contribution < 1.29 is 9.53 Å². The summed E-state index contributed by atoms with van der Waals surface area (Å²) in [7, 11) is 0. The topological polar surface area (TPSA) is 39.2 Å². The van der Waals surface area contributed by atoms with Crippen molar-refractivity contribution in [1.29, 1.82) is 0 Å². The first-order chi connectivity index (χ1) is 8.68. The molecule has 0 fully saturated rings. The van der Waals surface area contributed by atoms with Crippen LogP contribution in [0.25, 0.3) is 0 Å². The van der Waals surface area contributed by atoms with Crippen LogP contribution >= 0.6 is 0 Å². The van der Waals surface area contributed by atoms with Crippen LogP contribution in [-0.2, 0) is 4.74 Å². The fourth-order valence-corrected chi connectivity index (χ4v) is 1.73. The van der Waals surface area contributed by atoms with Gasteiger partial charge in [0.15, 0.2) is 0 Å². The van der Waals surface area contributed by atoms with Gasteiger partial charge in [-0.15, -0.1) is 0 Å². The van der Waals surface area contributed by atoms with Gasteiger partial charge in [-0.3, -0.25) is 4.98 Å². The number of aryl methyl sites for hydroxylation is 1. The van der Waals surface area contributed by atoms with Gasteiger partial charge in [-0.05, 0) is 43.2 Å². The van der Waals surface area contributed by atoms with Crippen LogP contribution < -0.4 is 0 Å². The van der Waals surface area contributed by atoms with Crippen LogP contribution in [0.1, 0.15) is 34.5 Å². The Morgan fingerprint density at radius 1 is 1.17 bits per heavy atom. The highest BCUT2D eigenvalue weighted by atomic mass is 16.5. The van der Waals surface area contributed by atoms with Crippen LogP contribution in [0, 0.1) is 6.92 Å². The predicted octanol–water partition coefficient (Wildman–Crippen LogP) is 3.31. The molecule has 18 heavy (non-hydrogen) atoms. The summed E-state index contributed by atoms with van der Waals surface area (Å²) in [6, 6.07) is 11.1. The molecule has 1 atom stereocenters. The van der Waals surface area contributed by atoms with E-state index in [0.29, 0.717) is 5.56 Å². The van der Waals surface area contributed by atoms with Gasteiger partial charge >= 0.3 is 5.97 Å². The predicted molar refractivity (Wildman–Crippen MR) is 69.2 cm³/mol. The van der Waals surface area contributed by atoms with Crippen molar-refractivity contribution in [1.82, 2.24) is 4.98 Å². The minimum Gasteiger partial charge on any atom is -0.454 e. The van der Waals surface area contributed by atoms with Crippen molar-refractivity contribution in [3.8, 4) is 0 Å². The summed E-state index contributed by atoms with van der Waals surface area (Å²) >= 11 is 0. The number of carbonyl (C=O) groups excluding carboxylic acids is 1. The molecule has 3 nitrogen and oxygen atoms in total. The Labute approximate surface area is 106 Å². The molecule has 0 saturated heterocycles. The second kappa shape index (κ2) is 5.45. The monoisotopic (exact) mass is 241 g/mol. The molecule has 92 valence electrons. The molecule has 0 aliphatic heterocycles. The quantitative estimate of drug-likeness (QED) is 0.774. The van der Waals surface area contributed by atoms with Crippen LogP contribution in [0.15, 0.2) is 48.8 Å². The fourth-order valence-electron chi connectivity index (χ4n) is 1.73. The molecule has 0 aliphatic rings. The summed E-state index contributed by atoms with van der Waals surface area (Å²) in [5.41, 5.74) is 2.47. The Morgan fingerprint density at radius 2 is 1.83 bits per heavy atom. The molecule has 1 unspecified atom stereocenters. The lowest BCUT2D eigenvalue weighted by Gasteiger charge is -2.14. The Kier molecular flexibility index (Phi) is 3.72. The first-order valence-electron chi connectivity index (χ1n) is 5.85. The van der Waals surface area contributed by atoms with Crippen LogP contribution in [0.5, 0.6) is 0 Å². The molecule has 1 aromatic carbocycles. The maximum atomic E-state index is 12.0.